The molecule has 0 fully saturated rings. The van der Waals surface area contributed by atoms with Crippen LogP contribution >= 0.6 is 0 Å². The fraction of sp³-hybridized carbons (Fsp3) is 0. The summed E-state index contributed by atoms with van der Waals surface area (Å²) in [5, 5.41) is 10.8. The standard InChI is InChI=1S/C14H6F5NO2/c15-10-8(11(16)13(18)14(19)12(10)17)6-5-7-3-1-2-4-9(7)20(21)22/h1-6H. The van der Waals surface area contributed by atoms with Gasteiger partial charge in [0.05, 0.1) is 16.1 Å². The molecule has 0 unspecified atom stereocenters. The van der Waals surface area contributed by atoms with E-state index in [4.69, 9.17) is 0 Å². The van der Waals surface area contributed by atoms with Gasteiger partial charge in [0.1, 0.15) is 0 Å². The third-order valence-corrected chi connectivity index (χ3v) is 2.81. The zero-order valence-electron chi connectivity index (χ0n) is 10.6. The molecule has 0 aliphatic heterocycles. The van der Waals surface area contributed by atoms with Crippen LogP contribution in [-0.4, -0.2) is 4.92 Å². The molecule has 0 aliphatic carbocycles. The fourth-order valence-electron chi connectivity index (χ4n) is 1.74. The number of hydrogen-bond acceptors (Lipinski definition) is 2. The molecule has 8 heteroatoms. The minimum Gasteiger partial charge on any atom is -0.258 e. The van der Waals surface area contributed by atoms with Crippen molar-refractivity contribution < 1.29 is 26.9 Å². The maximum absolute atomic E-state index is 13.5. The Morgan fingerprint density at radius 1 is 0.818 bits per heavy atom. The first-order valence-corrected chi connectivity index (χ1v) is 5.77. The van der Waals surface area contributed by atoms with Crippen molar-refractivity contribution in [2.75, 3.05) is 0 Å². The van der Waals surface area contributed by atoms with Crippen molar-refractivity contribution in [1.29, 1.82) is 0 Å². The van der Waals surface area contributed by atoms with Crippen molar-refractivity contribution in [3.8, 4) is 0 Å². The average molecular weight is 315 g/mol. The van der Waals surface area contributed by atoms with Crippen LogP contribution in [0.5, 0.6) is 0 Å². The first kappa shape index (κ1) is 15.6. The lowest BCUT2D eigenvalue weighted by Gasteiger charge is -2.04. The molecule has 0 saturated carbocycles. The lowest BCUT2D eigenvalue weighted by molar-refractivity contribution is -0.385. The van der Waals surface area contributed by atoms with Crippen LogP contribution in [0.15, 0.2) is 24.3 Å². The van der Waals surface area contributed by atoms with Gasteiger partial charge in [-0.2, -0.15) is 0 Å². The second-order valence-corrected chi connectivity index (χ2v) is 4.13. The van der Waals surface area contributed by atoms with E-state index in [2.05, 4.69) is 0 Å². The number of hydrogen-bond donors (Lipinski definition) is 0. The van der Waals surface area contributed by atoms with E-state index in [1.165, 1.54) is 18.2 Å². The SMILES string of the molecule is O=[N+]([O-])c1ccccc1C=Cc1c(F)c(F)c(F)c(F)c1F. The second kappa shape index (κ2) is 5.92. The number of nitrogens with zero attached hydrogens (tertiary/aromatic N) is 1. The Morgan fingerprint density at radius 2 is 1.32 bits per heavy atom. The van der Waals surface area contributed by atoms with E-state index >= 15 is 0 Å². The van der Waals surface area contributed by atoms with Crippen LogP contribution in [0, 0.1) is 39.2 Å². The van der Waals surface area contributed by atoms with E-state index in [0.717, 1.165) is 12.1 Å². The van der Waals surface area contributed by atoms with Crippen LogP contribution < -0.4 is 0 Å². The summed E-state index contributed by atoms with van der Waals surface area (Å²) in [5.41, 5.74) is -1.59. The quantitative estimate of drug-likeness (QED) is 0.210. The minimum atomic E-state index is -2.27. The summed E-state index contributed by atoms with van der Waals surface area (Å²) in [5.74, 6) is -10.4. The summed E-state index contributed by atoms with van der Waals surface area (Å²) in [6.45, 7) is 0. The largest absolute Gasteiger partial charge is 0.276 e. The molecule has 114 valence electrons. The highest BCUT2D eigenvalue weighted by molar-refractivity contribution is 5.74. The molecule has 0 N–H and O–H groups in total. The van der Waals surface area contributed by atoms with Gasteiger partial charge < -0.3 is 0 Å². The monoisotopic (exact) mass is 315 g/mol. The number of nitro groups is 1. The average Bonchev–Trinajstić information content (AvgIpc) is 2.51. The molecule has 0 heterocycles. The normalized spacial score (nSPS) is 11.1. The third-order valence-electron chi connectivity index (χ3n) is 2.81. The number of para-hydroxylation sites is 1. The van der Waals surface area contributed by atoms with E-state index in [9.17, 15) is 32.1 Å². The van der Waals surface area contributed by atoms with Crippen LogP contribution in [0.2, 0.25) is 0 Å². The van der Waals surface area contributed by atoms with Gasteiger partial charge in [0.25, 0.3) is 5.69 Å². The van der Waals surface area contributed by atoms with Gasteiger partial charge in [-0.25, -0.2) is 22.0 Å². The molecule has 0 atom stereocenters. The van der Waals surface area contributed by atoms with Crippen molar-refractivity contribution in [3.05, 3.63) is 74.6 Å². The number of rotatable bonds is 3. The van der Waals surface area contributed by atoms with Crippen molar-refractivity contribution >= 4 is 17.8 Å². The van der Waals surface area contributed by atoms with Gasteiger partial charge in [-0.05, 0) is 18.2 Å². The first-order chi connectivity index (χ1) is 10.3. The van der Waals surface area contributed by atoms with Crippen LogP contribution in [0.25, 0.3) is 12.2 Å². The topological polar surface area (TPSA) is 43.1 Å². The lowest BCUT2D eigenvalue weighted by atomic mass is 10.1. The minimum absolute atomic E-state index is 0.0450. The van der Waals surface area contributed by atoms with Crippen LogP contribution in [0.4, 0.5) is 27.6 Å². The smallest absolute Gasteiger partial charge is 0.258 e. The summed E-state index contributed by atoms with van der Waals surface area (Å²) in [4.78, 5) is 10.0. The molecule has 2 rings (SSSR count). The third kappa shape index (κ3) is 2.67. The lowest BCUT2D eigenvalue weighted by Crippen LogP contribution is -2.03. The van der Waals surface area contributed by atoms with Gasteiger partial charge in [0, 0.05) is 6.07 Å². The fourth-order valence-corrected chi connectivity index (χ4v) is 1.74. The molecule has 3 nitrogen and oxygen atoms in total. The highest BCUT2D eigenvalue weighted by atomic mass is 19.2. The molecular formula is C14H6F5NO2. The zero-order chi connectivity index (χ0) is 16.4. The predicted octanol–water partition coefficient (Wildman–Crippen LogP) is 4.46. The Bertz CT molecular complexity index is 760. The van der Waals surface area contributed by atoms with Gasteiger partial charge in [-0.3, -0.25) is 10.1 Å². The van der Waals surface area contributed by atoms with Crippen LogP contribution in [0.3, 0.4) is 0 Å². The summed E-state index contributed by atoms with van der Waals surface area (Å²) in [7, 11) is 0. The number of nitro benzene ring substituents is 1. The second-order valence-electron chi connectivity index (χ2n) is 4.13. The molecule has 2 aromatic rings. The van der Waals surface area contributed by atoms with Crippen molar-refractivity contribution in [2.45, 2.75) is 0 Å². The number of benzene rings is 2. The van der Waals surface area contributed by atoms with E-state index in [-0.39, 0.29) is 11.3 Å². The van der Waals surface area contributed by atoms with E-state index in [0.29, 0.717) is 6.08 Å². The van der Waals surface area contributed by atoms with Gasteiger partial charge in [-0.1, -0.05) is 12.1 Å². The van der Waals surface area contributed by atoms with Gasteiger partial charge in [-0.15, -0.1) is 0 Å². The molecule has 0 bridgehead atoms. The number of halogens is 5. The van der Waals surface area contributed by atoms with Gasteiger partial charge in [0.2, 0.25) is 5.82 Å². The van der Waals surface area contributed by atoms with E-state index in [1.807, 2.05) is 0 Å². The molecular weight excluding hydrogens is 309 g/mol. The maximum Gasteiger partial charge on any atom is 0.276 e. The summed E-state index contributed by atoms with van der Waals surface area (Å²) in [6, 6.07) is 5.19. The molecule has 0 aliphatic rings. The Morgan fingerprint density at radius 3 is 1.86 bits per heavy atom. The first-order valence-electron chi connectivity index (χ1n) is 5.77. The highest BCUT2D eigenvalue weighted by Gasteiger charge is 2.24. The molecule has 0 aromatic heterocycles. The Labute approximate surface area is 120 Å². The van der Waals surface area contributed by atoms with Gasteiger partial charge in [0.15, 0.2) is 23.3 Å². The molecule has 0 spiro atoms. The van der Waals surface area contributed by atoms with Gasteiger partial charge >= 0.3 is 0 Å². The summed E-state index contributed by atoms with van der Waals surface area (Å²) < 4.78 is 65.9. The van der Waals surface area contributed by atoms with Crippen LogP contribution in [-0.2, 0) is 0 Å². The van der Waals surface area contributed by atoms with Crippen LogP contribution in [0.1, 0.15) is 11.1 Å². The molecule has 2 aromatic carbocycles. The summed E-state index contributed by atoms with van der Waals surface area (Å²) in [6.07, 6.45) is 1.50. The molecule has 0 radical (unpaired) electrons. The van der Waals surface area contributed by atoms with Crippen molar-refractivity contribution in [1.82, 2.24) is 0 Å². The molecule has 0 saturated heterocycles. The Hall–Kier alpha value is -2.77. The van der Waals surface area contributed by atoms with Crippen molar-refractivity contribution in [3.63, 3.8) is 0 Å². The Kier molecular flexibility index (Phi) is 4.20. The van der Waals surface area contributed by atoms with Crippen molar-refractivity contribution in [2.24, 2.45) is 0 Å². The van der Waals surface area contributed by atoms with E-state index in [1.54, 1.807) is 0 Å². The maximum atomic E-state index is 13.5. The Balaban J connectivity index is 2.55. The predicted molar refractivity (Wildman–Crippen MR) is 68.3 cm³/mol. The summed E-state index contributed by atoms with van der Waals surface area (Å²) >= 11 is 0. The highest BCUT2D eigenvalue weighted by Crippen LogP contribution is 2.26. The van der Waals surface area contributed by atoms with E-state index < -0.39 is 39.6 Å². The molecule has 0 amide bonds. The zero-order valence-corrected chi connectivity index (χ0v) is 10.6. The molecule has 22 heavy (non-hydrogen) atoms.